The van der Waals surface area contributed by atoms with Crippen molar-refractivity contribution in [3.05, 3.63) is 60.8 Å². The van der Waals surface area contributed by atoms with Crippen molar-refractivity contribution >= 4 is 5.91 Å². The molecule has 108 heavy (non-hydrogen) atoms. The van der Waals surface area contributed by atoms with Gasteiger partial charge in [0.15, 0.2) is 18.9 Å². The molecule has 0 radical (unpaired) electrons. The number of nitrogens with one attached hydrogen (secondary N) is 1. The Labute approximate surface area is 656 Å². The van der Waals surface area contributed by atoms with Crippen molar-refractivity contribution in [1.29, 1.82) is 0 Å². The van der Waals surface area contributed by atoms with Crippen LogP contribution in [0.15, 0.2) is 60.8 Å². The second-order valence-electron chi connectivity index (χ2n) is 31.7. The monoisotopic (exact) mass is 1530 g/mol. The van der Waals surface area contributed by atoms with Crippen LogP contribution in [0.1, 0.15) is 367 Å². The van der Waals surface area contributed by atoms with Crippen molar-refractivity contribution in [2.45, 2.75) is 471 Å². The van der Waals surface area contributed by atoms with Gasteiger partial charge in [-0.15, -0.1) is 0 Å². The Kier molecular flexibility index (Phi) is 63.6. The number of rotatable bonds is 72. The maximum absolute atomic E-state index is 13.5. The van der Waals surface area contributed by atoms with E-state index < -0.39 is 124 Å². The predicted molar refractivity (Wildman–Crippen MR) is 434 cm³/mol. The molecule has 0 aromatic carbocycles. The molecule has 3 saturated heterocycles. The van der Waals surface area contributed by atoms with Gasteiger partial charge in [0.25, 0.3) is 0 Å². The molecule has 1 amide bonds. The maximum Gasteiger partial charge on any atom is 0.220 e. The van der Waals surface area contributed by atoms with Crippen LogP contribution in [-0.2, 0) is 33.2 Å². The van der Waals surface area contributed by atoms with Gasteiger partial charge < -0.3 is 89.9 Å². The lowest BCUT2D eigenvalue weighted by Crippen LogP contribution is -2.66. The van der Waals surface area contributed by atoms with Crippen LogP contribution in [0.4, 0.5) is 0 Å². The first-order chi connectivity index (χ1) is 52.8. The van der Waals surface area contributed by atoms with Crippen molar-refractivity contribution in [2.24, 2.45) is 0 Å². The van der Waals surface area contributed by atoms with Crippen molar-refractivity contribution in [3.8, 4) is 0 Å². The van der Waals surface area contributed by atoms with E-state index in [1.165, 1.54) is 283 Å². The zero-order valence-electron chi connectivity index (χ0n) is 68.1. The third-order valence-corrected chi connectivity index (χ3v) is 22.0. The Morgan fingerprint density at radius 3 is 0.991 bits per heavy atom. The zero-order valence-corrected chi connectivity index (χ0v) is 68.1. The third kappa shape index (κ3) is 47.4. The number of aliphatic hydroxyl groups is 11. The fraction of sp³-hybridized carbons (Fsp3) is 0.876. The van der Waals surface area contributed by atoms with E-state index in [9.17, 15) is 61.0 Å². The van der Waals surface area contributed by atoms with Crippen LogP contribution in [0.2, 0.25) is 0 Å². The van der Waals surface area contributed by atoms with Gasteiger partial charge in [-0.2, -0.15) is 0 Å². The highest BCUT2D eigenvalue weighted by atomic mass is 16.8. The summed E-state index contributed by atoms with van der Waals surface area (Å²) >= 11 is 0. The first kappa shape index (κ1) is 99.7. The quantitative estimate of drug-likeness (QED) is 0.0199. The van der Waals surface area contributed by atoms with Crippen molar-refractivity contribution < 1.29 is 89.4 Å². The number of carbonyl (C=O) groups is 1. The summed E-state index contributed by atoms with van der Waals surface area (Å²) in [5.74, 6) is -0.280. The van der Waals surface area contributed by atoms with Crippen molar-refractivity contribution in [1.82, 2.24) is 5.32 Å². The summed E-state index contributed by atoms with van der Waals surface area (Å²) in [6.45, 7) is 1.76. The van der Waals surface area contributed by atoms with E-state index >= 15 is 0 Å². The molecule has 3 aliphatic heterocycles. The van der Waals surface area contributed by atoms with Gasteiger partial charge in [0.05, 0.1) is 38.6 Å². The van der Waals surface area contributed by atoms with E-state index in [1.807, 2.05) is 6.08 Å². The van der Waals surface area contributed by atoms with Crippen molar-refractivity contribution in [2.75, 3.05) is 26.4 Å². The molecule has 0 saturated carbocycles. The van der Waals surface area contributed by atoms with E-state index in [0.717, 1.165) is 51.4 Å². The summed E-state index contributed by atoms with van der Waals surface area (Å²) in [7, 11) is 0. The summed E-state index contributed by atoms with van der Waals surface area (Å²) < 4.78 is 34.5. The van der Waals surface area contributed by atoms with Gasteiger partial charge >= 0.3 is 0 Å². The average molecular weight is 1540 g/mol. The highest BCUT2D eigenvalue weighted by Gasteiger charge is 2.54. The fourth-order valence-corrected chi connectivity index (χ4v) is 14.9. The van der Waals surface area contributed by atoms with Crippen LogP contribution in [-0.4, -0.2) is 193 Å². The Balaban J connectivity index is 1.34. The summed E-state index contributed by atoms with van der Waals surface area (Å²) in [5, 5.41) is 121. The SMILES string of the molecule is CCCCCCC/C=C\C/C=C\C/C=C\CCCCCCCCCCCCCCCCCCCCCCC(=O)NC(COC1OC(CO)C(OC2OC(CO)C(OC3OC(CO)C(O)C(O)C3O)C(O)C2O)C(O)C1O)C(O)/C=C/CC/C=C/CCCCCCCCCCCCCCCCCCCCCCCC. The summed E-state index contributed by atoms with van der Waals surface area (Å²) in [6.07, 6.45) is 63.7. The van der Waals surface area contributed by atoms with Gasteiger partial charge in [-0.25, -0.2) is 0 Å². The molecule has 3 rings (SSSR count). The molecule has 0 aliphatic carbocycles. The van der Waals surface area contributed by atoms with Crippen LogP contribution in [0.25, 0.3) is 0 Å². The molecule has 3 heterocycles. The zero-order chi connectivity index (χ0) is 78.1. The van der Waals surface area contributed by atoms with Crippen LogP contribution in [0.3, 0.4) is 0 Å². The van der Waals surface area contributed by atoms with Gasteiger partial charge in [-0.1, -0.05) is 351 Å². The van der Waals surface area contributed by atoms with Gasteiger partial charge in [0.1, 0.15) is 73.2 Å². The largest absolute Gasteiger partial charge is 0.394 e. The van der Waals surface area contributed by atoms with Crippen LogP contribution >= 0.6 is 0 Å². The molecule has 17 atom stereocenters. The first-order valence-corrected chi connectivity index (χ1v) is 44.5. The van der Waals surface area contributed by atoms with Gasteiger partial charge in [0.2, 0.25) is 5.91 Å². The Morgan fingerprint density at radius 1 is 0.333 bits per heavy atom. The molecule has 17 unspecified atom stereocenters. The number of allylic oxidation sites excluding steroid dienone is 9. The molecule has 3 aliphatic rings. The van der Waals surface area contributed by atoms with Crippen LogP contribution < -0.4 is 5.32 Å². The molecular formula is C89H163NO18. The first-order valence-electron chi connectivity index (χ1n) is 44.5. The minimum absolute atomic E-state index is 0.237. The molecule has 0 aromatic rings. The molecule has 19 nitrogen and oxygen atoms in total. The normalized spacial score (nSPS) is 25.7. The molecule has 19 heteroatoms. The number of hydrogen-bond acceptors (Lipinski definition) is 18. The molecule has 0 aromatic heterocycles. The van der Waals surface area contributed by atoms with Gasteiger partial charge in [-0.05, 0) is 70.6 Å². The van der Waals surface area contributed by atoms with Crippen LogP contribution in [0, 0.1) is 0 Å². The van der Waals surface area contributed by atoms with E-state index in [4.69, 9.17) is 28.4 Å². The average Bonchev–Trinajstić information content (AvgIpc) is 0.774. The number of hydrogen-bond donors (Lipinski definition) is 12. The molecule has 0 bridgehead atoms. The second-order valence-corrected chi connectivity index (χ2v) is 31.7. The highest BCUT2D eigenvalue weighted by Crippen LogP contribution is 2.33. The Morgan fingerprint density at radius 2 is 0.620 bits per heavy atom. The standard InChI is InChI=1S/C89H163NO18/c1-3-5-7-9-11-13-15-17-19-21-23-25-27-29-31-33-34-35-36-37-38-39-41-43-45-47-49-51-53-55-57-59-61-63-65-67-77(95)90-72(73(94)66-64-62-60-58-56-54-52-50-48-46-44-42-40-32-30-28-26-24-22-20-18-16-14-12-10-8-6-4-2)71-103-87-83(101)80(98)85(75(69-92)105-87)108-89-84(102)81(99)86(76(70-93)106-89)107-88-82(100)79(97)78(96)74(68-91)104-88/h15,17,21,23,27,29,56,58,64,66,72-76,78-89,91-94,96-102H,3-14,16,18-20,22,24-26,28,30-55,57,59-63,65,67-71H2,1-2H3,(H,90,95)/b17-15-,23-21-,29-27-,58-56+,66-64+. The number of amides is 1. The second kappa shape index (κ2) is 68.9. The maximum atomic E-state index is 13.5. The number of unbranched alkanes of at least 4 members (excludes halogenated alkanes) is 48. The molecule has 12 N–H and O–H groups in total. The lowest BCUT2D eigenvalue weighted by Gasteiger charge is -2.48. The summed E-state index contributed by atoms with van der Waals surface area (Å²) in [6, 6.07) is -0.993. The Bertz CT molecular complexity index is 2180. The molecular weight excluding hydrogens is 1370 g/mol. The van der Waals surface area contributed by atoms with E-state index in [1.54, 1.807) is 6.08 Å². The fourth-order valence-electron chi connectivity index (χ4n) is 14.9. The van der Waals surface area contributed by atoms with E-state index in [2.05, 4.69) is 67.8 Å². The third-order valence-electron chi connectivity index (χ3n) is 22.0. The molecule has 0 spiro atoms. The Hall–Kier alpha value is -2.51. The minimum atomic E-state index is -1.98. The lowest BCUT2D eigenvalue weighted by molar-refractivity contribution is -0.379. The van der Waals surface area contributed by atoms with Crippen molar-refractivity contribution in [3.63, 3.8) is 0 Å². The number of ether oxygens (including phenoxy) is 6. The van der Waals surface area contributed by atoms with E-state index in [0.29, 0.717) is 12.8 Å². The van der Waals surface area contributed by atoms with E-state index in [-0.39, 0.29) is 18.9 Å². The summed E-state index contributed by atoms with van der Waals surface area (Å²) in [4.78, 5) is 13.5. The lowest BCUT2D eigenvalue weighted by atomic mass is 9.96. The van der Waals surface area contributed by atoms with Gasteiger partial charge in [0, 0.05) is 6.42 Å². The number of carbonyl (C=O) groups excluding carboxylic acids is 1. The molecule has 3 fully saturated rings. The van der Waals surface area contributed by atoms with Crippen LogP contribution in [0.5, 0.6) is 0 Å². The summed E-state index contributed by atoms with van der Waals surface area (Å²) in [5.41, 5.74) is 0. The topological polar surface area (TPSA) is 307 Å². The minimum Gasteiger partial charge on any atom is -0.394 e. The van der Waals surface area contributed by atoms with Gasteiger partial charge in [-0.3, -0.25) is 4.79 Å². The smallest absolute Gasteiger partial charge is 0.220 e. The molecule has 632 valence electrons. The predicted octanol–water partition coefficient (Wildman–Crippen LogP) is 16.6. The number of aliphatic hydroxyl groups excluding tert-OH is 11. The highest BCUT2D eigenvalue weighted by molar-refractivity contribution is 5.76.